The smallest absolute Gasteiger partial charge is 0.124 e. The summed E-state index contributed by atoms with van der Waals surface area (Å²) in [5.74, 6) is 8.57. The highest BCUT2D eigenvalue weighted by Crippen LogP contribution is 2.40. The lowest BCUT2D eigenvalue weighted by molar-refractivity contribution is 0.185. The van der Waals surface area contributed by atoms with Crippen LogP contribution in [-0.2, 0) is 0 Å². The van der Waals surface area contributed by atoms with E-state index in [1.807, 2.05) is 30.4 Å². The van der Waals surface area contributed by atoms with E-state index in [4.69, 9.17) is 0 Å². The molecule has 1 nitrogen and oxygen atoms in total. The molecule has 0 aliphatic heterocycles. The van der Waals surface area contributed by atoms with Crippen LogP contribution in [0.2, 0.25) is 0 Å². The van der Waals surface area contributed by atoms with Crippen molar-refractivity contribution >= 4 is 23.5 Å². The van der Waals surface area contributed by atoms with Gasteiger partial charge in [0.1, 0.15) is 4.08 Å². The Labute approximate surface area is 103 Å². The summed E-state index contributed by atoms with van der Waals surface area (Å²) in [6.07, 6.45) is 1.35. The van der Waals surface area contributed by atoms with Crippen molar-refractivity contribution in [2.45, 2.75) is 50.7 Å². The Balaban J connectivity index is 4.70. The third-order valence-electron chi connectivity index (χ3n) is 1.77. The highest BCUT2D eigenvalue weighted by Gasteiger charge is 2.29. The van der Waals surface area contributed by atoms with Crippen LogP contribution in [0.15, 0.2) is 0 Å². The molecule has 15 heavy (non-hydrogen) atoms. The summed E-state index contributed by atoms with van der Waals surface area (Å²) in [6.45, 7) is 8.19. The first-order valence-electron chi connectivity index (χ1n) is 5.56. The highest BCUT2D eigenvalue weighted by atomic mass is 32.2. The van der Waals surface area contributed by atoms with Gasteiger partial charge in [0, 0.05) is 12.8 Å². The predicted molar refractivity (Wildman–Crippen MR) is 73.4 cm³/mol. The van der Waals surface area contributed by atoms with Crippen molar-refractivity contribution in [3.63, 3.8) is 0 Å². The van der Waals surface area contributed by atoms with Crippen LogP contribution in [0.1, 0.15) is 40.5 Å². The molecule has 0 saturated heterocycles. The van der Waals surface area contributed by atoms with Gasteiger partial charge < -0.3 is 5.11 Å². The molecule has 0 heterocycles. The van der Waals surface area contributed by atoms with E-state index in [-0.39, 0.29) is 10.2 Å². The number of aliphatic hydroxyl groups is 1. The Kier molecular flexibility index (Phi) is 8.50. The number of rotatable bonds is 6. The van der Waals surface area contributed by atoms with Gasteiger partial charge in [-0.25, -0.2) is 0 Å². The van der Waals surface area contributed by atoms with Crippen molar-refractivity contribution in [1.29, 1.82) is 0 Å². The number of hydrogen-bond donors (Lipinski definition) is 1. The fraction of sp³-hybridized carbons (Fsp3) is 0.833. The third-order valence-corrected chi connectivity index (χ3v) is 4.53. The zero-order valence-corrected chi connectivity index (χ0v) is 11.8. The minimum Gasteiger partial charge on any atom is -0.393 e. The molecule has 0 saturated carbocycles. The van der Waals surface area contributed by atoms with E-state index in [1.165, 1.54) is 0 Å². The quantitative estimate of drug-likeness (QED) is 0.573. The van der Waals surface area contributed by atoms with Crippen LogP contribution < -0.4 is 0 Å². The lowest BCUT2D eigenvalue weighted by atomic mass is 10.2. The first-order chi connectivity index (χ1) is 7.10. The molecule has 0 spiro atoms. The van der Waals surface area contributed by atoms with Gasteiger partial charge in [-0.05, 0) is 18.4 Å². The SMILES string of the molecule is CCC#CC(CC(C)O)(SCC)SCC. The summed E-state index contributed by atoms with van der Waals surface area (Å²) < 4.78 is -0.103. The van der Waals surface area contributed by atoms with Crippen LogP contribution in [0.3, 0.4) is 0 Å². The van der Waals surface area contributed by atoms with Gasteiger partial charge >= 0.3 is 0 Å². The maximum Gasteiger partial charge on any atom is 0.124 e. The van der Waals surface area contributed by atoms with E-state index in [2.05, 4.69) is 32.6 Å². The molecule has 1 N–H and O–H groups in total. The maximum atomic E-state index is 9.55. The molecule has 0 bridgehead atoms. The van der Waals surface area contributed by atoms with Crippen molar-refractivity contribution < 1.29 is 5.11 Å². The van der Waals surface area contributed by atoms with Gasteiger partial charge in [0.15, 0.2) is 0 Å². The summed E-state index contributed by atoms with van der Waals surface area (Å²) in [5, 5.41) is 9.55. The second kappa shape index (κ2) is 8.38. The van der Waals surface area contributed by atoms with E-state index >= 15 is 0 Å². The Bertz CT molecular complexity index is 209. The Morgan fingerprint density at radius 2 is 1.73 bits per heavy atom. The first-order valence-corrected chi connectivity index (χ1v) is 7.53. The average molecular weight is 246 g/mol. The summed E-state index contributed by atoms with van der Waals surface area (Å²) in [5.41, 5.74) is 0. The zero-order valence-electron chi connectivity index (χ0n) is 10.2. The van der Waals surface area contributed by atoms with Crippen molar-refractivity contribution in [1.82, 2.24) is 0 Å². The molecular weight excluding hydrogens is 224 g/mol. The van der Waals surface area contributed by atoms with E-state index in [9.17, 15) is 5.11 Å². The number of hydrogen-bond acceptors (Lipinski definition) is 3. The van der Waals surface area contributed by atoms with Gasteiger partial charge in [-0.2, -0.15) is 0 Å². The van der Waals surface area contributed by atoms with Crippen molar-refractivity contribution in [3.8, 4) is 11.8 Å². The minimum atomic E-state index is -0.283. The average Bonchev–Trinajstić information content (AvgIpc) is 2.14. The minimum absolute atomic E-state index is 0.103. The van der Waals surface area contributed by atoms with Crippen molar-refractivity contribution in [2.24, 2.45) is 0 Å². The third kappa shape index (κ3) is 6.40. The number of aliphatic hydroxyl groups excluding tert-OH is 1. The second-order valence-electron chi connectivity index (χ2n) is 3.33. The van der Waals surface area contributed by atoms with E-state index < -0.39 is 0 Å². The van der Waals surface area contributed by atoms with Gasteiger partial charge in [-0.15, -0.1) is 29.4 Å². The molecular formula is C12H22OS2. The van der Waals surface area contributed by atoms with E-state index in [1.54, 1.807) is 0 Å². The summed E-state index contributed by atoms with van der Waals surface area (Å²) in [4.78, 5) is 0. The topological polar surface area (TPSA) is 20.2 Å². The predicted octanol–water partition coefficient (Wildman–Crippen LogP) is 3.37. The molecule has 0 aromatic carbocycles. The first kappa shape index (κ1) is 15.2. The van der Waals surface area contributed by atoms with Crippen LogP contribution in [0, 0.1) is 11.8 Å². The Morgan fingerprint density at radius 3 is 2.07 bits per heavy atom. The normalized spacial score (nSPS) is 13.1. The van der Waals surface area contributed by atoms with E-state index in [0.717, 1.165) is 24.3 Å². The monoisotopic (exact) mass is 246 g/mol. The Hall–Kier alpha value is 0.220. The van der Waals surface area contributed by atoms with Crippen LogP contribution in [0.5, 0.6) is 0 Å². The molecule has 1 unspecified atom stereocenters. The largest absolute Gasteiger partial charge is 0.393 e. The van der Waals surface area contributed by atoms with Crippen LogP contribution >= 0.6 is 23.5 Å². The van der Waals surface area contributed by atoms with E-state index in [0.29, 0.717) is 0 Å². The fourth-order valence-electron chi connectivity index (χ4n) is 1.36. The van der Waals surface area contributed by atoms with Crippen molar-refractivity contribution in [2.75, 3.05) is 11.5 Å². The Morgan fingerprint density at radius 1 is 1.20 bits per heavy atom. The molecule has 0 fully saturated rings. The lowest BCUT2D eigenvalue weighted by Crippen LogP contribution is -2.24. The molecule has 0 aliphatic rings. The van der Waals surface area contributed by atoms with Crippen LogP contribution in [-0.4, -0.2) is 26.8 Å². The van der Waals surface area contributed by atoms with Gasteiger partial charge in [0.05, 0.1) is 6.10 Å². The molecule has 0 rings (SSSR count). The van der Waals surface area contributed by atoms with Crippen LogP contribution in [0.25, 0.3) is 0 Å². The zero-order chi connectivity index (χ0) is 11.7. The summed E-state index contributed by atoms with van der Waals surface area (Å²) in [7, 11) is 0. The molecule has 0 aromatic rings. The molecule has 0 radical (unpaired) electrons. The van der Waals surface area contributed by atoms with Gasteiger partial charge in [-0.3, -0.25) is 0 Å². The molecule has 3 heteroatoms. The fourth-order valence-corrected chi connectivity index (χ4v) is 4.34. The van der Waals surface area contributed by atoms with Crippen LogP contribution in [0.4, 0.5) is 0 Å². The van der Waals surface area contributed by atoms with Gasteiger partial charge in [0.25, 0.3) is 0 Å². The van der Waals surface area contributed by atoms with Crippen molar-refractivity contribution in [3.05, 3.63) is 0 Å². The van der Waals surface area contributed by atoms with Gasteiger partial charge in [-0.1, -0.05) is 26.7 Å². The second-order valence-corrected chi connectivity index (χ2v) is 6.71. The summed E-state index contributed by atoms with van der Waals surface area (Å²) in [6, 6.07) is 0. The molecule has 0 aliphatic carbocycles. The standard InChI is InChI=1S/C12H22OS2/c1-5-8-9-12(14-6-2,15-7-3)10-11(4)13/h11,13H,5-7,10H2,1-4H3. The summed E-state index contributed by atoms with van der Waals surface area (Å²) >= 11 is 3.69. The molecule has 0 aromatic heterocycles. The maximum absolute atomic E-state index is 9.55. The highest BCUT2D eigenvalue weighted by molar-refractivity contribution is 8.18. The molecule has 88 valence electrons. The molecule has 0 amide bonds. The van der Waals surface area contributed by atoms with Gasteiger partial charge in [0.2, 0.25) is 0 Å². The lowest BCUT2D eigenvalue weighted by Gasteiger charge is -2.28. The molecule has 1 atom stereocenters. The number of thioether (sulfide) groups is 2.